The number of aromatic amines is 1. The highest BCUT2D eigenvalue weighted by atomic mass is 16.2. The number of aromatic nitrogens is 2. The Morgan fingerprint density at radius 1 is 1.26 bits per heavy atom. The van der Waals surface area contributed by atoms with E-state index < -0.39 is 0 Å². The number of carbonyl (C=O) groups is 1. The Bertz CT molecular complexity index is 495. The lowest BCUT2D eigenvalue weighted by Gasteiger charge is -2.22. The molecule has 1 aromatic heterocycles. The van der Waals surface area contributed by atoms with Gasteiger partial charge in [-0.25, -0.2) is 0 Å². The van der Waals surface area contributed by atoms with Crippen LogP contribution in [0.1, 0.15) is 22.5 Å². The predicted molar refractivity (Wildman–Crippen MR) is 73.4 cm³/mol. The Morgan fingerprint density at radius 2 is 2.05 bits per heavy atom. The summed E-state index contributed by atoms with van der Waals surface area (Å²) in [6.45, 7) is 1.80. The van der Waals surface area contributed by atoms with Gasteiger partial charge in [0.15, 0.2) is 0 Å². The van der Waals surface area contributed by atoms with Crippen LogP contribution in [-0.4, -0.2) is 34.1 Å². The lowest BCUT2D eigenvalue weighted by atomic mass is 10.2. The largest absolute Gasteiger partial charge is 0.333 e. The highest BCUT2D eigenvalue weighted by molar-refractivity contribution is 5.92. The predicted octanol–water partition coefficient (Wildman–Crippen LogP) is 1.40. The molecule has 2 rings (SSSR count). The van der Waals surface area contributed by atoms with E-state index in [1.807, 2.05) is 30.3 Å². The summed E-state index contributed by atoms with van der Waals surface area (Å²) in [5.41, 5.74) is 7.14. The van der Waals surface area contributed by atoms with Crippen LogP contribution in [-0.2, 0) is 6.54 Å². The molecule has 1 amide bonds. The van der Waals surface area contributed by atoms with Gasteiger partial charge in [0.05, 0.1) is 0 Å². The molecule has 0 spiro atoms. The van der Waals surface area contributed by atoms with Crippen LogP contribution in [0.2, 0.25) is 0 Å². The fourth-order valence-electron chi connectivity index (χ4n) is 1.88. The second-order valence-electron chi connectivity index (χ2n) is 4.32. The molecule has 0 atom stereocenters. The van der Waals surface area contributed by atoms with E-state index in [1.165, 1.54) is 0 Å². The summed E-state index contributed by atoms with van der Waals surface area (Å²) in [5.74, 6) is -0.0465. The number of hydrogen-bond acceptors (Lipinski definition) is 3. The Morgan fingerprint density at radius 3 is 2.68 bits per heavy atom. The zero-order valence-corrected chi connectivity index (χ0v) is 10.7. The molecule has 1 heterocycles. The third-order valence-corrected chi connectivity index (χ3v) is 2.87. The van der Waals surface area contributed by atoms with Gasteiger partial charge in [-0.3, -0.25) is 9.89 Å². The van der Waals surface area contributed by atoms with Crippen LogP contribution in [0.25, 0.3) is 0 Å². The van der Waals surface area contributed by atoms with Gasteiger partial charge in [-0.1, -0.05) is 30.3 Å². The Labute approximate surface area is 112 Å². The van der Waals surface area contributed by atoms with E-state index in [2.05, 4.69) is 10.2 Å². The fraction of sp³-hybridized carbons (Fsp3) is 0.286. The Balaban J connectivity index is 2.09. The summed E-state index contributed by atoms with van der Waals surface area (Å²) in [4.78, 5) is 14.1. The summed E-state index contributed by atoms with van der Waals surface area (Å²) in [7, 11) is 0. The molecule has 0 aliphatic heterocycles. The molecule has 0 fully saturated rings. The number of benzene rings is 1. The molecule has 3 N–H and O–H groups in total. The molecule has 5 nitrogen and oxygen atoms in total. The minimum atomic E-state index is -0.0465. The molecule has 0 unspecified atom stereocenters. The van der Waals surface area contributed by atoms with Gasteiger partial charge >= 0.3 is 0 Å². The molecule has 19 heavy (non-hydrogen) atoms. The van der Waals surface area contributed by atoms with Crippen LogP contribution < -0.4 is 5.73 Å². The van der Waals surface area contributed by atoms with Gasteiger partial charge in [0, 0.05) is 19.3 Å². The molecule has 2 aromatic rings. The molecular weight excluding hydrogens is 240 g/mol. The van der Waals surface area contributed by atoms with Crippen molar-refractivity contribution in [3.05, 3.63) is 53.9 Å². The van der Waals surface area contributed by atoms with Gasteiger partial charge in [0.25, 0.3) is 5.91 Å². The van der Waals surface area contributed by atoms with Gasteiger partial charge in [-0.15, -0.1) is 0 Å². The third-order valence-electron chi connectivity index (χ3n) is 2.87. The molecule has 1 aromatic carbocycles. The summed E-state index contributed by atoms with van der Waals surface area (Å²) in [6.07, 6.45) is 2.36. The SMILES string of the molecule is NCCCN(Cc1ccccc1)C(=O)c1ccn[nH]1. The second kappa shape index (κ2) is 6.70. The number of amides is 1. The molecule has 0 aliphatic rings. The standard InChI is InChI=1S/C14H18N4O/c15-8-4-10-18(11-12-5-2-1-3-6-12)14(19)13-7-9-16-17-13/h1-3,5-7,9H,4,8,10-11,15H2,(H,16,17). The number of hydrogen-bond donors (Lipinski definition) is 2. The summed E-state index contributed by atoms with van der Waals surface area (Å²) in [6, 6.07) is 11.6. The van der Waals surface area contributed by atoms with Crippen LogP contribution in [0.5, 0.6) is 0 Å². The van der Waals surface area contributed by atoms with Gasteiger partial charge in [0.1, 0.15) is 5.69 Å². The molecule has 0 bridgehead atoms. The maximum absolute atomic E-state index is 12.3. The maximum atomic E-state index is 12.3. The monoisotopic (exact) mass is 258 g/mol. The molecule has 100 valence electrons. The van der Waals surface area contributed by atoms with E-state index in [4.69, 9.17) is 5.73 Å². The van der Waals surface area contributed by atoms with Gasteiger partial charge in [-0.05, 0) is 24.6 Å². The molecule has 0 saturated heterocycles. The number of H-pyrrole nitrogens is 1. The van der Waals surface area contributed by atoms with E-state index in [1.54, 1.807) is 17.2 Å². The van der Waals surface area contributed by atoms with Crippen LogP contribution in [0.15, 0.2) is 42.6 Å². The first-order chi connectivity index (χ1) is 9.31. The van der Waals surface area contributed by atoms with Gasteiger partial charge in [0.2, 0.25) is 0 Å². The highest BCUT2D eigenvalue weighted by Crippen LogP contribution is 2.09. The van der Waals surface area contributed by atoms with Crippen LogP contribution >= 0.6 is 0 Å². The number of nitrogens with one attached hydrogen (secondary N) is 1. The fourth-order valence-corrected chi connectivity index (χ4v) is 1.88. The molecule has 0 aliphatic carbocycles. The number of nitrogens with two attached hydrogens (primary N) is 1. The Hall–Kier alpha value is -2.14. The molecule has 0 saturated carbocycles. The quantitative estimate of drug-likeness (QED) is 0.822. The van der Waals surface area contributed by atoms with Crippen molar-refractivity contribution >= 4 is 5.91 Å². The summed E-state index contributed by atoms with van der Waals surface area (Å²) >= 11 is 0. The van der Waals surface area contributed by atoms with Gasteiger partial charge < -0.3 is 10.6 Å². The van der Waals surface area contributed by atoms with Crippen LogP contribution in [0.3, 0.4) is 0 Å². The van der Waals surface area contributed by atoms with Crippen molar-refractivity contribution < 1.29 is 4.79 Å². The smallest absolute Gasteiger partial charge is 0.272 e. The van der Waals surface area contributed by atoms with E-state index in [-0.39, 0.29) is 5.91 Å². The minimum Gasteiger partial charge on any atom is -0.333 e. The van der Waals surface area contributed by atoms with Crippen molar-refractivity contribution in [1.82, 2.24) is 15.1 Å². The van der Waals surface area contributed by atoms with E-state index in [0.29, 0.717) is 25.3 Å². The highest BCUT2D eigenvalue weighted by Gasteiger charge is 2.16. The summed E-state index contributed by atoms with van der Waals surface area (Å²) < 4.78 is 0. The average molecular weight is 258 g/mol. The third kappa shape index (κ3) is 3.66. The zero-order valence-electron chi connectivity index (χ0n) is 10.7. The molecule has 0 radical (unpaired) electrons. The molecular formula is C14H18N4O. The first-order valence-electron chi connectivity index (χ1n) is 6.34. The number of rotatable bonds is 6. The lowest BCUT2D eigenvalue weighted by Crippen LogP contribution is -2.32. The van der Waals surface area contributed by atoms with E-state index in [0.717, 1.165) is 12.0 Å². The topological polar surface area (TPSA) is 75.0 Å². The molecule has 5 heteroatoms. The number of nitrogens with zero attached hydrogens (tertiary/aromatic N) is 2. The summed E-state index contributed by atoms with van der Waals surface area (Å²) in [5, 5.41) is 6.52. The first-order valence-corrected chi connectivity index (χ1v) is 6.34. The van der Waals surface area contributed by atoms with Gasteiger partial charge in [-0.2, -0.15) is 5.10 Å². The van der Waals surface area contributed by atoms with Crippen molar-refractivity contribution in [2.24, 2.45) is 5.73 Å². The Kier molecular flexibility index (Phi) is 4.69. The van der Waals surface area contributed by atoms with Crippen LogP contribution in [0, 0.1) is 0 Å². The van der Waals surface area contributed by atoms with Crippen molar-refractivity contribution in [2.75, 3.05) is 13.1 Å². The normalized spacial score (nSPS) is 10.4. The van der Waals surface area contributed by atoms with Crippen molar-refractivity contribution in [3.63, 3.8) is 0 Å². The van der Waals surface area contributed by atoms with E-state index >= 15 is 0 Å². The van der Waals surface area contributed by atoms with E-state index in [9.17, 15) is 4.79 Å². The van der Waals surface area contributed by atoms with Crippen molar-refractivity contribution in [2.45, 2.75) is 13.0 Å². The second-order valence-corrected chi connectivity index (χ2v) is 4.32. The van der Waals surface area contributed by atoms with Crippen LogP contribution in [0.4, 0.5) is 0 Å². The number of carbonyl (C=O) groups excluding carboxylic acids is 1. The maximum Gasteiger partial charge on any atom is 0.272 e. The lowest BCUT2D eigenvalue weighted by molar-refractivity contribution is 0.0736. The zero-order chi connectivity index (χ0) is 13.5. The minimum absolute atomic E-state index is 0.0465. The average Bonchev–Trinajstić information content (AvgIpc) is 2.98. The van der Waals surface area contributed by atoms with Crippen molar-refractivity contribution in [1.29, 1.82) is 0 Å². The first kappa shape index (κ1) is 13.3. The van der Waals surface area contributed by atoms with Crippen molar-refractivity contribution in [3.8, 4) is 0 Å².